The Hall–Kier alpha value is -1.37. The van der Waals surface area contributed by atoms with E-state index in [4.69, 9.17) is 14.7 Å². The average Bonchev–Trinajstić information content (AvgIpc) is 2.53. The molecule has 0 saturated carbocycles. The molecule has 0 aromatic heterocycles. The van der Waals surface area contributed by atoms with Crippen LogP contribution in [0.4, 0.5) is 0 Å². The summed E-state index contributed by atoms with van der Waals surface area (Å²) >= 11 is 0. The molecule has 0 radical (unpaired) electrons. The number of unbranched alkanes of at least 4 members (excludes halogenated alkanes) is 3. The Bertz CT molecular complexity index is 467. The van der Waals surface area contributed by atoms with Crippen LogP contribution in [0.3, 0.4) is 0 Å². The van der Waals surface area contributed by atoms with Crippen molar-refractivity contribution >= 4 is 0 Å². The quantitative estimate of drug-likeness (QED) is 0.729. The highest BCUT2D eigenvalue weighted by atomic mass is 16.7. The van der Waals surface area contributed by atoms with Crippen LogP contribution in [0.15, 0.2) is 24.3 Å². The summed E-state index contributed by atoms with van der Waals surface area (Å²) in [6, 6.07) is 9.85. The van der Waals surface area contributed by atoms with Crippen molar-refractivity contribution in [2.75, 3.05) is 13.2 Å². The van der Waals surface area contributed by atoms with Crippen molar-refractivity contribution in [1.29, 1.82) is 5.26 Å². The molecular formula is C18H25NO2. The molecule has 1 aliphatic rings. The van der Waals surface area contributed by atoms with Crippen molar-refractivity contribution in [3.8, 4) is 6.07 Å². The monoisotopic (exact) mass is 287 g/mol. The zero-order valence-electron chi connectivity index (χ0n) is 13.1. The largest absolute Gasteiger partial charge is 0.350 e. The summed E-state index contributed by atoms with van der Waals surface area (Å²) in [6.07, 6.45) is 5.90. The van der Waals surface area contributed by atoms with E-state index < -0.39 is 5.79 Å². The second-order valence-electron chi connectivity index (χ2n) is 6.00. The molecule has 0 N–H and O–H groups in total. The first kappa shape index (κ1) is 16.0. The first-order valence-corrected chi connectivity index (χ1v) is 7.95. The van der Waals surface area contributed by atoms with E-state index in [1.54, 1.807) is 0 Å². The molecule has 0 atom stereocenters. The van der Waals surface area contributed by atoms with E-state index in [9.17, 15) is 0 Å². The van der Waals surface area contributed by atoms with E-state index in [0.29, 0.717) is 18.8 Å². The predicted molar refractivity (Wildman–Crippen MR) is 83.0 cm³/mol. The lowest BCUT2D eigenvalue weighted by molar-refractivity contribution is -0.266. The van der Waals surface area contributed by atoms with E-state index in [0.717, 1.165) is 12.8 Å². The van der Waals surface area contributed by atoms with Crippen molar-refractivity contribution in [3.05, 3.63) is 35.4 Å². The molecule has 0 aliphatic carbocycles. The van der Waals surface area contributed by atoms with Gasteiger partial charge in [0, 0.05) is 12.3 Å². The van der Waals surface area contributed by atoms with Gasteiger partial charge in [-0.15, -0.1) is 0 Å². The minimum Gasteiger partial charge on any atom is -0.350 e. The van der Waals surface area contributed by atoms with Crippen molar-refractivity contribution in [2.45, 2.75) is 57.7 Å². The van der Waals surface area contributed by atoms with Gasteiger partial charge in [-0.05, 0) is 31.0 Å². The van der Waals surface area contributed by atoms with Crippen molar-refractivity contribution < 1.29 is 9.47 Å². The molecule has 21 heavy (non-hydrogen) atoms. The van der Waals surface area contributed by atoms with Gasteiger partial charge in [-0.3, -0.25) is 0 Å². The van der Waals surface area contributed by atoms with Crippen LogP contribution in [-0.4, -0.2) is 19.0 Å². The zero-order valence-corrected chi connectivity index (χ0v) is 13.1. The molecule has 3 heteroatoms. The second kappa shape index (κ2) is 7.59. The smallest absolute Gasteiger partial charge is 0.165 e. The summed E-state index contributed by atoms with van der Waals surface area (Å²) in [5.41, 5.74) is 1.87. The van der Waals surface area contributed by atoms with Gasteiger partial charge in [-0.2, -0.15) is 5.26 Å². The molecule has 1 fully saturated rings. The Labute approximate surface area is 127 Å². The highest BCUT2D eigenvalue weighted by Crippen LogP contribution is 2.31. The van der Waals surface area contributed by atoms with Crippen LogP contribution < -0.4 is 0 Å². The molecule has 2 rings (SSSR count). The molecule has 0 bridgehead atoms. The Morgan fingerprint density at radius 2 is 1.81 bits per heavy atom. The third-order valence-electron chi connectivity index (χ3n) is 4.18. The molecule has 0 unspecified atom stereocenters. The fraction of sp³-hybridized carbons (Fsp3) is 0.611. The van der Waals surface area contributed by atoms with Crippen LogP contribution in [-0.2, 0) is 9.47 Å². The zero-order chi connectivity index (χ0) is 15.1. The molecule has 114 valence electrons. The highest BCUT2D eigenvalue weighted by Gasteiger charge is 2.32. The normalized spacial score (nSPS) is 25.5. The van der Waals surface area contributed by atoms with E-state index in [-0.39, 0.29) is 5.92 Å². The highest BCUT2D eigenvalue weighted by molar-refractivity contribution is 5.33. The van der Waals surface area contributed by atoms with Gasteiger partial charge >= 0.3 is 0 Å². The summed E-state index contributed by atoms with van der Waals surface area (Å²) < 4.78 is 12.0. The topological polar surface area (TPSA) is 42.2 Å². The van der Waals surface area contributed by atoms with Gasteiger partial charge in [0.15, 0.2) is 5.79 Å². The Morgan fingerprint density at radius 3 is 2.38 bits per heavy atom. The molecule has 1 heterocycles. The Morgan fingerprint density at radius 1 is 1.14 bits per heavy atom. The van der Waals surface area contributed by atoms with Crippen LogP contribution >= 0.6 is 0 Å². The summed E-state index contributed by atoms with van der Waals surface area (Å²) in [6.45, 7) is 5.65. The van der Waals surface area contributed by atoms with E-state index in [1.165, 1.54) is 24.8 Å². The molecule has 1 aliphatic heterocycles. The van der Waals surface area contributed by atoms with Gasteiger partial charge in [0.2, 0.25) is 0 Å². The fourth-order valence-corrected chi connectivity index (χ4v) is 2.68. The van der Waals surface area contributed by atoms with Gasteiger partial charge in [0.25, 0.3) is 0 Å². The van der Waals surface area contributed by atoms with Gasteiger partial charge in [-0.25, -0.2) is 0 Å². The molecule has 3 nitrogen and oxygen atoms in total. The number of rotatable bonds is 6. The van der Waals surface area contributed by atoms with E-state index in [2.05, 4.69) is 13.0 Å². The lowest BCUT2D eigenvalue weighted by Crippen LogP contribution is -2.40. The van der Waals surface area contributed by atoms with E-state index in [1.807, 2.05) is 31.2 Å². The number of nitrogens with zero attached hydrogens (tertiary/aromatic N) is 1. The molecule has 1 aromatic carbocycles. The fourth-order valence-electron chi connectivity index (χ4n) is 2.68. The van der Waals surface area contributed by atoms with Crippen LogP contribution in [0.5, 0.6) is 0 Å². The summed E-state index contributed by atoms with van der Waals surface area (Å²) in [5.74, 6) is -0.155. The van der Waals surface area contributed by atoms with Crippen LogP contribution in [0.25, 0.3) is 0 Å². The summed E-state index contributed by atoms with van der Waals surface area (Å²) in [7, 11) is 0. The van der Waals surface area contributed by atoms with Crippen LogP contribution in [0, 0.1) is 11.3 Å². The van der Waals surface area contributed by atoms with Crippen molar-refractivity contribution in [1.82, 2.24) is 0 Å². The summed E-state index contributed by atoms with van der Waals surface area (Å²) in [4.78, 5) is 0. The Balaban J connectivity index is 1.83. The van der Waals surface area contributed by atoms with Crippen LogP contribution in [0.1, 0.15) is 63.0 Å². The predicted octanol–water partition coefficient (Wildman–Crippen LogP) is 4.38. The lowest BCUT2D eigenvalue weighted by atomic mass is 9.97. The molecular weight excluding hydrogens is 262 g/mol. The van der Waals surface area contributed by atoms with Gasteiger partial charge < -0.3 is 9.47 Å². The molecule has 1 saturated heterocycles. The molecule has 1 aromatic rings. The number of ether oxygens (including phenoxy) is 2. The third kappa shape index (κ3) is 4.56. The van der Waals surface area contributed by atoms with Crippen LogP contribution in [0.2, 0.25) is 0 Å². The van der Waals surface area contributed by atoms with E-state index >= 15 is 0 Å². The third-order valence-corrected chi connectivity index (χ3v) is 4.18. The molecule has 0 amide bonds. The Kier molecular flexibility index (Phi) is 5.78. The maximum atomic E-state index is 8.83. The number of hydrogen-bond donors (Lipinski definition) is 0. The second-order valence-corrected chi connectivity index (χ2v) is 6.00. The SMILES string of the molecule is CCCCCCC1(C)OCC(c2ccc(C#N)cc2)CO1. The maximum Gasteiger partial charge on any atom is 0.165 e. The van der Waals surface area contributed by atoms with Crippen molar-refractivity contribution in [3.63, 3.8) is 0 Å². The van der Waals surface area contributed by atoms with Gasteiger partial charge in [0.05, 0.1) is 24.8 Å². The minimum absolute atomic E-state index is 0.265. The number of benzene rings is 1. The minimum atomic E-state index is -0.420. The summed E-state index contributed by atoms with van der Waals surface area (Å²) in [5, 5.41) is 8.83. The average molecular weight is 287 g/mol. The van der Waals surface area contributed by atoms with Crippen molar-refractivity contribution in [2.24, 2.45) is 0 Å². The lowest BCUT2D eigenvalue weighted by Gasteiger charge is -2.38. The number of hydrogen-bond acceptors (Lipinski definition) is 3. The first-order valence-electron chi connectivity index (χ1n) is 7.95. The standard InChI is InChI=1S/C18H25NO2/c1-3-4-5-6-11-18(2)20-13-17(14-21-18)16-9-7-15(12-19)8-10-16/h7-10,17H,3-6,11,13-14H2,1-2H3. The van der Waals surface area contributed by atoms with Gasteiger partial charge in [-0.1, -0.05) is 38.3 Å². The first-order chi connectivity index (χ1) is 10.2. The molecule has 0 spiro atoms. The number of nitriles is 1. The van der Waals surface area contributed by atoms with Gasteiger partial charge in [0.1, 0.15) is 0 Å². The maximum absolute atomic E-state index is 8.83.